The van der Waals surface area contributed by atoms with Gasteiger partial charge in [0.25, 0.3) is 0 Å². The second-order valence-corrected chi connectivity index (χ2v) is 5.97. The zero-order chi connectivity index (χ0) is 13.0. The Labute approximate surface area is 114 Å². The molecule has 0 radical (unpaired) electrons. The number of nitrogens with two attached hydrogens (primary N) is 1. The van der Waals surface area contributed by atoms with Crippen molar-refractivity contribution in [2.75, 3.05) is 0 Å². The van der Waals surface area contributed by atoms with Gasteiger partial charge in [-0.1, -0.05) is 44.9 Å². The molecule has 0 fully saturated rings. The maximum atomic E-state index is 6.54. The second-order valence-electron chi connectivity index (χ2n) is 5.05. The van der Waals surface area contributed by atoms with Gasteiger partial charge < -0.3 is 5.73 Å². The molecule has 2 rings (SSSR count). The van der Waals surface area contributed by atoms with E-state index in [4.69, 9.17) is 5.73 Å². The lowest BCUT2D eigenvalue weighted by molar-refractivity contribution is 0.370. The van der Waals surface area contributed by atoms with Gasteiger partial charge in [0.1, 0.15) is 0 Å². The molecule has 2 N–H and O–H groups in total. The maximum Gasteiger partial charge on any atom is 0.0390 e. The summed E-state index contributed by atoms with van der Waals surface area (Å²) in [6.45, 7) is 4.50. The van der Waals surface area contributed by atoms with E-state index in [2.05, 4.69) is 43.5 Å². The highest BCUT2D eigenvalue weighted by molar-refractivity contribution is 7.17. The smallest absolute Gasteiger partial charge is 0.0390 e. The zero-order valence-electron chi connectivity index (χ0n) is 11.4. The van der Waals surface area contributed by atoms with E-state index in [-0.39, 0.29) is 6.04 Å². The van der Waals surface area contributed by atoms with Crippen LogP contribution in [0.25, 0.3) is 10.1 Å². The molecule has 0 saturated heterocycles. The summed E-state index contributed by atoms with van der Waals surface area (Å²) in [4.78, 5) is 0. The summed E-state index contributed by atoms with van der Waals surface area (Å²) in [7, 11) is 0. The third-order valence-corrected chi connectivity index (χ3v) is 4.67. The second kappa shape index (κ2) is 6.35. The summed E-state index contributed by atoms with van der Waals surface area (Å²) in [6.07, 6.45) is 4.91. The lowest BCUT2D eigenvalue weighted by Gasteiger charge is -2.24. The minimum Gasteiger partial charge on any atom is -0.324 e. The fraction of sp³-hybridized carbons (Fsp3) is 0.500. The molecule has 0 aliphatic carbocycles. The fourth-order valence-corrected chi connectivity index (χ4v) is 3.74. The Balaban J connectivity index is 2.30. The van der Waals surface area contributed by atoms with Crippen LogP contribution in [-0.4, -0.2) is 0 Å². The van der Waals surface area contributed by atoms with Gasteiger partial charge in [0, 0.05) is 10.7 Å². The average molecular weight is 261 g/mol. The predicted molar refractivity (Wildman–Crippen MR) is 82.1 cm³/mol. The van der Waals surface area contributed by atoms with Gasteiger partial charge >= 0.3 is 0 Å². The van der Waals surface area contributed by atoms with Crippen molar-refractivity contribution in [3.05, 3.63) is 35.2 Å². The molecule has 98 valence electrons. The van der Waals surface area contributed by atoms with E-state index >= 15 is 0 Å². The Bertz CT molecular complexity index is 483. The zero-order valence-corrected chi connectivity index (χ0v) is 12.2. The Morgan fingerprint density at radius 3 is 2.50 bits per heavy atom. The molecule has 2 heteroatoms. The summed E-state index contributed by atoms with van der Waals surface area (Å²) in [6, 6.07) is 8.90. The Hall–Kier alpha value is -0.860. The normalized spacial score (nSPS) is 13.3. The first-order valence-electron chi connectivity index (χ1n) is 6.99. The van der Waals surface area contributed by atoms with Crippen LogP contribution in [0.15, 0.2) is 29.6 Å². The van der Waals surface area contributed by atoms with Crippen LogP contribution in [-0.2, 0) is 0 Å². The van der Waals surface area contributed by atoms with Gasteiger partial charge in [0.2, 0.25) is 0 Å². The summed E-state index contributed by atoms with van der Waals surface area (Å²) in [5.74, 6) is 0.618. The molecule has 1 aromatic heterocycles. The summed E-state index contributed by atoms with van der Waals surface area (Å²) in [5.41, 5.74) is 7.89. The largest absolute Gasteiger partial charge is 0.324 e. The summed E-state index contributed by atoms with van der Waals surface area (Å²) in [5, 5.41) is 3.50. The van der Waals surface area contributed by atoms with E-state index in [1.807, 2.05) is 11.3 Å². The van der Waals surface area contributed by atoms with Gasteiger partial charge in [0.15, 0.2) is 0 Å². The molecule has 18 heavy (non-hydrogen) atoms. The molecule has 1 atom stereocenters. The van der Waals surface area contributed by atoms with Crippen molar-refractivity contribution in [3.8, 4) is 0 Å². The van der Waals surface area contributed by atoms with Crippen LogP contribution in [0.5, 0.6) is 0 Å². The minimum atomic E-state index is 0.187. The van der Waals surface area contributed by atoms with Gasteiger partial charge in [-0.25, -0.2) is 0 Å². The minimum absolute atomic E-state index is 0.187. The van der Waals surface area contributed by atoms with Gasteiger partial charge in [-0.05, 0) is 41.2 Å². The standard InChI is InChI=1S/C16H23NS/c1-3-6-12(7-4-2)15(17)14-9-5-8-13-10-11-18-16(13)14/h5,8-12,15H,3-4,6-7,17H2,1-2H3. The third kappa shape index (κ3) is 2.76. The summed E-state index contributed by atoms with van der Waals surface area (Å²) >= 11 is 1.82. The van der Waals surface area contributed by atoms with Crippen LogP contribution in [0.3, 0.4) is 0 Å². The van der Waals surface area contributed by atoms with Crippen LogP contribution in [0.1, 0.15) is 51.1 Å². The molecule has 1 heterocycles. The van der Waals surface area contributed by atoms with Crippen LogP contribution in [0.4, 0.5) is 0 Å². The molecule has 1 nitrogen and oxygen atoms in total. The molecular formula is C16H23NS. The van der Waals surface area contributed by atoms with Gasteiger partial charge in [-0.2, -0.15) is 0 Å². The molecule has 0 amide bonds. The topological polar surface area (TPSA) is 26.0 Å². The number of fused-ring (bicyclic) bond motifs is 1. The van der Waals surface area contributed by atoms with Crippen molar-refractivity contribution in [3.63, 3.8) is 0 Å². The van der Waals surface area contributed by atoms with Crippen molar-refractivity contribution >= 4 is 21.4 Å². The number of benzene rings is 1. The molecule has 1 aromatic carbocycles. The van der Waals surface area contributed by atoms with Crippen LogP contribution >= 0.6 is 11.3 Å². The first kappa shape index (κ1) is 13.6. The van der Waals surface area contributed by atoms with E-state index in [9.17, 15) is 0 Å². The number of rotatable bonds is 6. The van der Waals surface area contributed by atoms with E-state index < -0.39 is 0 Å². The SMILES string of the molecule is CCCC(CCC)C(N)c1cccc2ccsc12. The Morgan fingerprint density at radius 1 is 1.11 bits per heavy atom. The highest BCUT2D eigenvalue weighted by Crippen LogP contribution is 2.34. The van der Waals surface area contributed by atoms with E-state index in [1.54, 1.807) is 0 Å². The molecule has 0 bridgehead atoms. The number of thiophene rings is 1. The van der Waals surface area contributed by atoms with Crippen molar-refractivity contribution in [2.24, 2.45) is 11.7 Å². The van der Waals surface area contributed by atoms with Gasteiger partial charge in [0.05, 0.1) is 0 Å². The fourth-order valence-electron chi connectivity index (χ4n) is 2.78. The van der Waals surface area contributed by atoms with Gasteiger partial charge in [-0.15, -0.1) is 11.3 Å². The van der Waals surface area contributed by atoms with Crippen LogP contribution in [0.2, 0.25) is 0 Å². The van der Waals surface area contributed by atoms with Crippen molar-refractivity contribution in [2.45, 2.75) is 45.6 Å². The van der Waals surface area contributed by atoms with E-state index in [0.29, 0.717) is 5.92 Å². The van der Waals surface area contributed by atoms with E-state index in [1.165, 1.54) is 41.3 Å². The highest BCUT2D eigenvalue weighted by Gasteiger charge is 2.20. The van der Waals surface area contributed by atoms with Crippen molar-refractivity contribution in [1.29, 1.82) is 0 Å². The van der Waals surface area contributed by atoms with Crippen molar-refractivity contribution < 1.29 is 0 Å². The lowest BCUT2D eigenvalue weighted by atomic mass is 9.86. The molecular weight excluding hydrogens is 238 g/mol. The molecule has 2 aromatic rings. The summed E-state index contributed by atoms with van der Waals surface area (Å²) < 4.78 is 1.38. The average Bonchev–Trinajstić information content (AvgIpc) is 2.85. The molecule has 0 aliphatic heterocycles. The monoisotopic (exact) mass is 261 g/mol. The van der Waals surface area contributed by atoms with Gasteiger partial charge in [-0.3, -0.25) is 0 Å². The van der Waals surface area contributed by atoms with Crippen LogP contribution < -0.4 is 5.73 Å². The third-order valence-electron chi connectivity index (χ3n) is 3.70. The first-order chi connectivity index (χ1) is 8.77. The highest BCUT2D eigenvalue weighted by atomic mass is 32.1. The number of hydrogen-bond donors (Lipinski definition) is 1. The Kier molecular flexibility index (Phi) is 4.79. The number of hydrogen-bond acceptors (Lipinski definition) is 2. The quantitative estimate of drug-likeness (QED) is 0.767. The Morgan fingerprint density at radius 2 is 1.83 bits per heavy atom. The maximum absolute atomic E-state index is 6.54. The molecule has 0 aliphatic rings. The molecule has 1 unspecified atom stereocenters. The van der Waals surface area contributed by atoms with E-state index in [0.717, 1.165) is 0 Å². The first-order valence-corrected chi connectivity index (χ1v) is 7.87. The predicted octanol–water partition coefficient (Wildman–Crippen LogP) is 5.12. The van der Waals surface area contributed by atoms with Crippen LogP contribution in [0, 0.1) is 5.92 Å². The molecule has 0 spiro atoms. The molecule has 0 saturated carbocycles. The lowest BCUT2D eigenvalue weighted by Crippen LogP contribution is -2.21. The van der Waals surface area contributed by atoms with Crippen molar-refractivity contribution in [1.82, 2.24) is 0 Å².